The molecule has 0 radical (unpaired) electrons. The zero-order chi connectivity index (χ0) is 46.2. The number of alkyl halides is 3. The van der Waals surface area contributed by atoms with Gasteiger partial charge in [0.15, 0.2) is 11.4 Å². The Kier molecular flexibility index (Phi) is 11.7. The van der Waals surface area contributed by atoms with Gasteiger partial charge < -0.3 is 29.5 Å². The summed E-state index contributed by atoms with van der Waals surface area (Å²) in [5.74, 6) is -3.30. The highest BCUT2D eigenvalue weighted by Crippen LogP contribution is 2.54. The second-order valence-corrected chi connectivity index (χ2v) is 21.7. The summed E-state index contributed by atoms with van der Waals surface area (Å²) in [5.41, 5.74) is -5.50. The first-order valence-electron chi connectivity index (χ1n) is 22.0. The Hall–Kier alpha value is -4.69. The average Bonchev–Trinajstić information content (AvgIpc) is 4.12. The van der Waals surface area contributed by atoms with Gasteiger partial charge >= 0.3 is 12.3 Å². The molecule has 2 aromatic rings. The highest BCUT2D eigenvalue weighted by Gasteiger charge is 2.64. The first kappa shape index (κ1) is 45.9. The van der Waals surface area contributed by atoms with E-state index in [1.807, 2.05) is 11.0 Å². The number of amides is 4. The topological polar surface area (TPSA) is 197 Å². The summed E-state index contributed by atoms with van der Waals surface area (Å²) in [7, 11) is -2.70. The number of carbonyl (C=O) groups excluding carboxylic acids is 3. The van der Waals surface area contributed by atoms with E-state index in [0.29, 0.717) is 76.0 Å². The van der Waals surface area contributed by atoms with Crippen molar-refractivity contribution in [2.24, 2.45) is 5.92 Å². The van der Waals surface area contributed by atoms with E-state index < -0.39 is 103 Å². The van der Waals surface area contributed by atoms with Gasteiger partial charge in [-0.2, -0.15) is 13.2 Å². The second kappa shape index (κ2) is 16.3. The van der Waals surface area contributed by atoms with Crippen LogP contribution in [0.4, 0.5) is 18.0 Å². The smallest absolute Gasteiger partial charge is 0.437 e. The third-order valence-corrected chi connectivity index (χ3v) is 16.1. The van der Waals surface area contributed by atoms with E-state index in [4.69, 9.17) is 14.2 Å². The SMILES string of the molecule is COc1ccc2nc(C(F)(F)F)c3c(c2c1)[C@H](N1CCOCC1)C[C@]1(C[C@H]2C(=O)N[C@]4(C(=O)NS(=O)(=O)C5(C)CC5)C[C@H]4C=CCCCCC[C@H](N(C(=O)O)C(C)(C)C)C(=O)N2C1)O3. The molecule has 5 heterocycles. The maximum absolute atomic E-state index is 15.3. The number of carbonyl (C=O) groups is 4. The number of benzene rings is 1. The zero-order valence-corrected chi connectivity index (χ0v) is 37.6. The lowest BCUT2D eigenvalue weighted by Gasteiger charge is -2.46. The Morgan fingerprint density at radius 1 is 1.05 bits per heavy atom. The van der Waals surface area contributed by atoms with Crippen LogP contribution in [0.5, 0.6) is 11.5 Å². The van der Waals surface area contributed by atoms with E-state index in [1.165, 1.54) is 31.1 Å². The van der Waals surface area contributed by atoms with Crippen LogP contribution < -0.4 is 19.5 Å². The number of pyridine rings is 1. The molecule has 0 unspecified atom stereocenters. The number of nitrogens with one attached hydrogen (secondary N) is 2. The molecule has 4 fully saturated rings. The minimum Gasteiger partial charge on any atom is -0.497 e. The highest BCUT2D eigenvalue weighted by molar-refractivity contribution is 7.91. The Morgan fingerprint density at radius 2 is 1.75 bits per heavy atom. The molecule has 8 rings (SSSR count). The van der Waals surface area contributed by atoms with Gasteiger partial charge in [-0.15, -0.1) is 0 Å². The molecule has 1 aromatic heterocycles. The fraction of sp³-hybridized carbons (Fsp3) is 0.659. The van der Waals surface area contributed by atoms with Crippen LogP contribution in [-0.2, 0) is 35.3 Å². The summed E-state index contributed by atoms with van der Waals surface area (Å²) in [5, 5.41) is 13.8. The van der Waals surface area contributed by atoms with Crippen molar-refractivity contribution in [2.45, 2.75) is 138 Å². The van der Waals surface area contributed by atoms with Crippen molar-refractivity contribution in [3.8, 4) is 11.5 Å². The van der Waals surface area contributed by atoms with E-state index in [-0.39, 0.29) is 36.8 Å². The monoisotopic (exact) mass is 918 g/mol. The van der Waals surface area contributed by atoms with Crippen LogP contribution in [0.1, 0.15) is 109 Å². The minimum absolute atomic E-state index is 0.00157. The standard InChI is InChI=1S/C44H57F3N6O10S/c1-40(2,3)53(39(57)58)30-12-10-8-6-7-9-11-26-22-43(26,38(56)50-64(59,60)41(4)15-16-41)49-36(54)32-24-42(25-52(32)37(30)55)23-31(51-17-19-62-20-18-51)33-28-21-27(61-5)13-14-29(28)48-35(34(33)63-42)44(45,46)47/h9,11,13-14,21,26,30-32H,6-8,10,12,15-20,22-25H2,1-5H3,(H,49,54)(H,50,56)(H,57,58)/t26-,30+,31-,32+,42-,43-/m1/s1. The van der Waals surface area contributed by atoms with Crippen LogP contribution in [-0.4, -0.2) is 130 Å². The van der Waals surface area contributed by atoms with Crippen LogP contribution in [0.25, 0.3) is 10.9 Å². The molecule has 1 aromatic carbocycles. The number of morpholine rings is 1. The van der Waals surface area contributed by atoms with Crippen molar-refractivity contribution in [3.05, 3.63) is 41.6 Å². The number of sulfonamides is 1. The largest absolute Gasteiger partial charge is 0.497 e. The third kappa shape index (κ3) is 8.37. The van der Waals surface area contributed by atoms with Gasteiger partial charge in [0, 0.05) is 54.4 Å². The number of allylic oxidation sites excluding steroid dienone is 1. The van der Waals surface area contributed by atoms with E-state index in [1.54, 1.807) is 32.9 Å². The van der Waals surface area contributed by atoms with Gasteiger partial charge in [0.2, 0.25) is 21.8 Å². The van der Waals surface area contributed by atoms with Crippen LogP contribution in [0, 0.1) is 5.92 Å². The van der Waals surface area contributed by atoms with E-state index in [2.05, 4.69) is 15.0 Å². The lowest BCUT2D eigenvalue weighted by atomic mass is 9.82. The number of fused-ring (bicyclic) bond motifs is 5. The van der Waals surface area contributed by atoms with Crippen molar-refractivity contribution in [1.29, 1.82) is 0 Å². The number of rotatable bonds is 6. The Balaban J connectivity index is 1.26. The van der Waals surface area contributed by atoms with Gasteiger partial charge in [0.25, 0.3) is 5.91 Å². The Labute approximate surface area is 370 Å². The van der Waals surface area contributed by atoms with Crippen molar-refractivity contribution < 1.29 is 60.1 Å². The fourth-order valence-electron chi connectivity index (χ4n) is 10.1. The molecule has 64 heavy (non-hydrogen) atoms. The van der Waals surface area contributed by atoms with Gasteiger partial charge in [-0.3, -0.25) is 28.9 Å². The number of aromatic nitrogens is 1. The van der Waals surface area contributed by atoms with E-state index in [9.17, 15) is 23.1 Å². The zero-order valence-electron chi connectivity index (χ0n) is 36.8. The van der Waals surface area contributed by atoms with Crippen LogP contribution >= 0.6 is 0 Å². The number of nitrogens with zero attached hydrogens (tertiary/aromatic N) is 4. The molecule has 1 spiro atoms. The predicted molar refractivity (Wildman–Crippen MR) is 226 cm³/mol. The van der Waals surface area contributed by atoms with Crippen LogP contribution in [0.3, 0.4) is 0 Å². The highest BCUT2D eigenvalue weighted by atomic mass is 32.2. The fourth-order valence-corrected chi connectivity index (χ4v) is 11.4. The summed E-state index contributed by atoms with van der Waals surface area (Å²) < 4.78 is 91.5. The predicted octanol–water partition coefficient (Wildman–Crippen LogP) is 5.30. The van der Waals surface area contributed by atoms with E-state index in [0.717, 1.165) is 4.90 Å². The molecule has 3 N–H and O–H groups in total. The van der Waals surface area contributed by atoms with Crippen molar-refractivity contribution in [2.75, 3.05) is 40.0 Å². The third-order valence-electron chi connectivity index (χ3n) is 14.0. The molecule has 4 amide bonds. The number of carboxylic acid groups (broad SMARTS) is 1. The molecular weight excluding hydrogens is 862 g/mol. The summed E-state index contributed by atoms with van der Waals surface area (Å²) in [4.78, 5) is 65.9. The van der Waals surface area contributed by atoms with E-state index >= 15 is 22.8 Å². The maximum atomic E-state index is 15.3. The van der Waals surface area contributed by atoms with Gasteiger partial charge in [-0.1, -0.05) is 25.0 Å². The maximum Gasteiger partial charge on any atom is 0.437 e. The van der Waals surface area contributed by atoms with Crippen molar-refractivity contribution in [3.63, 3.8) is 0 Å². The average molecular weight is 919 g/mol. The number of hydrogen-bond acceptors (Lipinski definition) is 11. The van der Waals surface area contributed by atoms with Crippen LogP contribution in [0.2, 0.25) is 0 Å². The molecule has 2 saturated carbocycles. The summed E-state index contributed by atoms with van der Waals surface area (Å²) in [6.45, 7) is 7.33. The number of ether oxygens (including phenoxy) is 3. The molecular formula is C44H57F3N6O10S. The van der Waals surface area contributed by atoms with Gasteiger partial charge in [0.1, 0.15) is 29.0 Å². The second-order valence-electron chi connectivity index (χ2n) is 19.5. The summed E-state index contributed by atoms with van der Waals surface area (Å²) in [6.07, 6.45) is 0.0526. The number of methoxy groups -OCH3 is 1. The normalized spacial score (nSPS) is 29.9. The molecule has 0 bridgehead atoms. The lowest BCUT2D eigenvalue weighted by Crippen LogP contribution is -2.61. The Morgan fingerprint density at radius 3 is 2.39 bits per heavy atom. The first-order chi connectivity index (χ1) is 30.0. The quantitative estimate of drug-likeness (QED) is 0.317. The first-order valence-corrected chi connectivity index (χ1v) is 23.5. The number of hydrogen-bond donors (Lipinski definition) is 3. The molecule has 4 aliphatic heterocycles. The van der Waals surface area contributed by atoms with Gasteiger partial charge in [-0.25, -0.2) is 18.2 Å². The van der Waals surface area contributed by atoms with Crippen molar-refractivity contribution >= 4 is 44.7 Å². The molecule has 6 atom stereocenters. The summed E-state index contributed by atoms with van der Waals surface area (Å²) in [6, 6.07) is 1.01. The minimum atomic E-state index is -5.01. The molecule has 350 valence electrons. The van der Waals surface area contributed by atoms with Crippen LogP contribution in [0.15, 0.2) is 30.4 Å². The Bertz CT molecular complexity index is 2360. The van der Waals surface area contributed by atoms with Crippen molar-refractivity contribution in [1.82, 2.24) is 29.7 Å². The molecule has 16 nitrogen and oxygen atoms in total. The molecule has 6 aliphatic rings. The molecule has 2 saturated heterocycles. The molecule has 20 heteroatoms. The number of halogens is 3. The lowest BCUT2D eigenvalue weighted by molar-refractivity contribution is -0.146. The van der Waals surface area contributed by atoms with Gasteiger partial charge in [0.05, 0.1) is 37.1 Å². The molecule has 2 aliphatic carbocycles. The summed E-state index contributed by atoms with van der Waals surface area (Å²) >= 11 is 0. The van der Waals surface area contributed by atoms with Gasteiger partial charge in [-0.05, 0) is 84.4 Å².